The lowest BCUT2D eigenvalue weighted by Crippen LogP contribution is -2.15. The van der Waals surface area contributed by atoms with Gasteiger partial charge >= 0.3 is 0 Å². The molecule has 6 aromatic carbocycles. The van der Waals surface area contributed by atoms with Crippen LogP contribution in [0.5, 0.6) is 0 Å². The predicted octanol–water partition coefficient (Wildman–Crippen LogP) is 12.0. The lowest BCUT2D eigenvalue weighted by molar-refractivity contribution is 0.660. The van der Waals surface area contributed by atoms with Gasteiger partial charge in [0.1, 0.15) is 0 Å². The molecule has 2 aromatic heterocycles. The molecule has 1 aliphatic carbocycles. The highest BCUT2D eigenvalue weighted by atomic mass is 32.1. The smallest absolute Gasteiger partial charge is 0.0476 e. The zero-order valence-corrected chi connectivity index (χ0v) is 26.0. The molecule has 3 heteroatoms. The third-order valence-corrected chi connectivity index (χ3v) is 10.6. The molecule has 0 unspecified atom stereocenters. The fourth-order valence-corrected chi connectivity index (χ4v) is 8.38. The van der Waals surface area contributed by atoms with Crippen LogP contribution in [0.3, 0.4) is 0 Å². The highest BCUT2D eigenvalue weighted by molar-refractivity contribution is 7.25. The minimum Gasteiger partial charge on any atom is -0.310 e. The van der Waals surface area contributed by atoms with Crippen molar-refractivity contribution in [1.82, 2.24) is 4.98 Å². The summed E-state index contributed by atoms with van der Waals surface area (Å²) >= 11 is 1.86. The van der Waals surface area contributed by atoms with Gasteiger partial charge in [-0.05, 0) is 93.4 Å². The molecule has 0 saturated heterocycles. The van der Waals surface area contributed by atoms with Crippen LogP contribution in [-0.4, -0.2) is 4.98 Å². The largest absolute Gasteiger partial charge is 0.310 e. The van der Waals surface area contributed by atoms with E-state index in [1.54, 1.807) is 0 Å². The Hall–Kier alpha value is -5.25. The molecule has 0 radical (unpaired) electrons. The van der Waals surface area contributed by atoms with E-state index >= 15 is 0 Å². The fraction of sp³-hybridized carbons (Fsp3) is 0.0714. The molecule has 45 heavy (non-hydrogen) atoms. The van der Waals surface area contributed by atoms with Crippen molar-refractivity contribution in [3.05, 3.63) is 157 Å². The quantitative estimate of drug-likeness (QED) is 0.201. The number of nitrogens with zero attached hydrogens (tertiary/aromatic N) is 2. The van der Waals surface area contributed by atoms with Crippen LogP contribution in [0, 0.1) is 0 Å². The molecule has 8 aromatic rings. The zero-order valence-electron chi connectivity index (χ0n) is 25.2. The molecule has 1 aliphatic rings. The second-order valence-corrected chi connectivity index (χ2v) is 13.6. The Morgan fingerprint density at radius 1 is 0.533 bits per heavy atom. The normalized spacial score (nSPS) is 13.3. The van der Waals surface area contributed by atoms with Crippen LogP contribution in [0.25, 0.3) is 53.2 Å². The van der Waals surface area contributed by atoms with Crippen molar-refractivity contribution in [3.8, 4) is 22.3 Å². The van der Waals surface area contributed by atoms with Gasteiger partial charge in [-0.1, -0.05) is 92.7 Å². The maximum Gasteiger partial charge on any atom is 0.0476 e. The monoisotopic (exact) mass is 594 g/mol. The van der Waals surface area contributed by atoms with Crippen LogP contribution >= 0.6 is 11.3 Å². The number of pyridine rings is 1. The van der Waals surface area contributed by atoms with Gasteiger partial charge in [0, 0.05) is 60.4 Å². The Balaban J connectivity index is 1.23. The SMILES string of the molecule is CC1(C)c2ccccc2-c2cc(N(c3ccc(-c4ccccc4)cc3)c3ccc4c(c3)sc3cc5ccncc5cc34)ccc21. The van der Waals surface area contributed by atoms with E-state index in [1.807, 2.05) is 23.7 Å². The Bertz CT molecular complexity index is 2400. The van der Waals surface area contributed by atoms with E-state index in [-0.39, 0.29) is 5.41 Å². The van der Waals surface area contributed by atoms with E-state index in [0.717, 1.165) is 17.1 Å². The summed E-state index contributed by atoms with van der Waals surface area (Å²) in [5, 5.41) is 4.98. The molecule has 2 heterocycles. The number of thiophene rings is 1. The second kappa shape index (κ2) is 9.88. The summed E-state index contributed by atoms with van der Waals surface area (Å²) in [5.41, 5.74) is 11.3. The van der Waals surface area contributed by atoms with Crippen molar-refractivity contribution in [3.63, 3.8) is 0 Å². The zero-order chi connectivity index (χ0) is 30.1. The Morgan fingerprint density at radius 2 is 1.22 bits per heavy atom. The van der Waals surface area contributed by atoms with Crippen molar-refractivity contribution in [2.24, 2.45) is 0 Å². The average molecular weight is 595 g/mol. The molecule has 0 saturated carbocycles. The molecule has 0 spiro atoms. The molecule has 0 amide bonds. The molecule has 0 aliphatic heterocycles. The molecule has 0 fully saturated rings. The first kappa shape index (κ1) is 26.2. The highest BCUT2D eigenvalue weighted by Gasteiger charge is 2.35. The van der Waals surface area contributed by atoms with E-state index in [1.165, 1.54) is 64.3 Å². The number of hydrogen-bond donors (Lipinski definition) is 0. The lowest BCUT2D eigenvalue weighted by atomic mass is 9.82. The summed E-state index contributed by atoms with van der Waals surface area (Å²) in [6, 6.07) is 49.1. The first-order valence-corrected chi connectivity index (χ1v) is 16.3. The predicted molar refractivity (Wildman–Crippen MR) is 192 cm³/mol. The number of aromatic nitrogens is 1. The van der Waals surface area contributed by atoms with Crippen LogP contribution in [-0.2, 0) is 5.41 Å². The van der Waals surface area contributed by atoms with Crippen LogP contribution in [0.2, 0.25) is 0 Å². The van der Waals surface area contributed by atoms with Gasteiger partial charge in [0.05, 0.1) is 0 Å². The summed E-state index contributed by atoms with van der Waals surface area (Å²) in [5.74, 6) is 0. The summed E-state index contributed by atoms with van der Waals surface area (Å²) < 4.78 is 2.58. The first-order valence-electron chi connectivity index (χ1n) is 15.4. The maximum absolute atomic E-state index is 4.36. The molecule has 2 nitrogen and oxygen atoms in total. The second-order valence-electron chi connectivity index (χ2n) is 12.5. The first-order chi connectivity index (χ1) is 22.0. The van der Waals surface area contributed by atoms with E-state index in [2.05, 4.69) is 157 Å². The number of benzene rings is 6. The summed E-state index contributed by atoms with van der Waals surface area (Å²) in [4.78, 5) is 6.77. The average Bonchev–Trinajstić information content (AvgIpc) is 3.55. The standard InChI is InChI=1S/C42H30N2S/c1-42(2)38-11-7-6-10-34(38)36-24-32(17-19-39(36)42)44(31-14-12-28(13-15-31)27-8-4-3-5-9-27)33-16-18-35-37-22-30-26-43-21-20-29(30)23-40(37)45-41(35)25-33/h3-26H,1-2H3. The Morgan fingerprint density at radius 3 is 2.09 bits per heavy atom. The molecule has 0 atom stereocenters. The van der Waals surface area contributed by atoms with Gasteiger partial charge in [-0.3, -0.25) is 4.98 Å². The minimum atomic E-state index is -0.0261. The van der Waals surface area contributed by atoms with Crippen LogP contribution < -0.4 is 4.90 Å². The number of hydrogen-bond acceptors (Lipinski definition) is 3. The molecular formula is C42H30N2S. The van der Waals surface area contributed by atoms with Crippen molar-refractivity contribution in [2.75, 3.05) is 4.90 Å². The fourth-order valence-electron chi connectivity index (χ4n) is 7.21. The van der Waals surface area contributed by atoms with Crippen LogP contribution in [0.4, 0.5) is 17.1 Å². The number of anilines is 3. The molecule has 0 bridgehead atoms. The van der Waals surface area contributed by atoms with Gasteiger partial charge in [-0.25, -0.2) is 0 Å². The number of rotatable bonds is 4. The lowest BCUT2D eigenvalue weighted by Gasteiger charge is -2.27. The van der Waals surface area contributed by atoms with Crippen molar-refractivity contribution < 1.29 is 0 Å². The van der Waals surface area contributed by atoms with Gasteiger partial charge < -0.3 is 4.90 Å². The van der Waals surface area contributed by atoms with Gasteiger partial charge in [0.15, 0.2) is 0 Å². The summed E-state index contributed by atoms with van der Waals surface area (Å²) in [6.45, 7) is 4.68. The molecular weight excluding hydrogens is 565 g/mol. The van der Waals surface area contributed by atoms with E-state index in [0.29, 0.717) is 0 Å². The van der Waals surface area contributed by atoms with Crippen molar-refractivity contribution in [2.45, 2.75) is 19.3 Å². The molecule has 214 valence electrons. The molecule has 0 N–H and O–H groups in total. The van der Waals surface area contributed by atoms with E-state index in [9.17, 15) is 0 Å². The Kier molecular flexibility index (Phi) is 5.75. The Labute approximate surface area is 266 Å². The van der Waals surface area contributed by atoms with Gasteiger partial charge in [-0.15, -0.1) is 11.3 Å². The molecule has 9 rings (SSSR count). The van der Waals surface area contributed by atoms with Gasteiger partial charge in [-0.2, -0.15) is 0 Å². The van der Waals surface area contributed by atoms with Crippen molar-refractivity contribution >= 4 is 59.3 Å². The summed E-state index contributed by atoms with van der Waals surface area (Å²) in [6.07, 6.45) is 3.83. The van der Waals surface area contributed by atoms with E-state index in [4.69, 9.17) is 0 Å². The van der Waals surface area contributed by atoms with Crippen LogP contribution in [0.1, 0.15) is 25.0 Å². The van der Waals surface area contributed by atoms with Gasteiger partial charge in [0.25, 0.3) is 0 Å². The topological polar surface area (TPSA) is 16.1 Å². The minimum absolute atomic E-state index is 0.0261. The number of fused-ring (bicyclic) bond motifs is 7. The van der Waals surface area contributed by atoms with Crippen molar-refractivity contribution in [1.29, 1.82) is 0 Å². The van der Waals surface area contributed by atoms with Crippen LogP contribution in [0.15, 0.2) is 146 Å². The third kappa shape index (κ3) is 4.12. The van der Waals surface area contributed by atoms with E-state index < -0.39 is 0 Å². The van der Waals surface area contributed by atoms with Gasteiger partial charge in [0.2, 0.25) is 0 Å². The highest BCUT2D eigenvalue weighted by Crippen LogP contribution is 2.51. The third-order valence-electron chi connectivity index (χ3n) is 9.53. The maximum atomic E-state index is 4.36. The summed E-state index contributed by atoms with van der Waals surface area (Å²) in [7, 11) is 0.